The van der Waals surface area contributed by atoms with Crippen molar-refractivity contribution in [3.8, 4) is 0 Å². The van der Waals surface area contributed by atoms with Gasteiger partial charge in [-0.05, 0) is 6.42 Å². The van der Waals surface area contributed by atoms with Crippen LogP contribution < -0.4 is 10.6 Å². The van der Waals surface area contributed by atoms with Crippen LogP contribution >= 0.6 is 0 Å². The van der Waals surface area contributed by atoms with E-state index in [1.807, 2.05) is 6.92 Å². The summed E-state index contributed by atoms with van der Waals surface area (Å²) in [6, 6.07) is 0.0476. The highest BCUT2D eigenvalue weighted by Gasteiger charge is 2.06. The quantitative estimate of drug-likeness (QED) is 0.629. The van der Waals surface area contributed by atoms with Crippen LogP contribution in [0.2, 0.25) is 0 Å². The van der Waals surface area contributed by atoms with E-state index >= 15 is 0 Å². The summed E-state index contributed by atoms with van der Waals surface area (Å²) in [7, 11) is 0. The Bertz CT molecular complexity index is 168. The lowest BCUT2D eigenvalue weighted by atomic mass is 10.2. The molecule has 0 aromatic heterocycles. The van der Waals surface area contributed by atoms with Gasteiger partial charge in [0.05, 0.1) is 0 Å². The van der Waals surface area contributed by atoms with Gasteiger partial charge in [0.25, 0.3) is 0 Å². The molecule has 0 aliphatic rings. The Balaban J connectivity index is 3.67. The Kier molecular flexibility index (Phi) is 5.08. The summed E-state index contributed by atoms with van der Waals surface area (Å²) in [5.74, 6) is -0.133. The third-order valence-electron chi connectivity index (χ3n) is 1.50. The van der Waals surface area contributed by atoms with E-state index in [1.165, 1.54) is 13.8 Å². The first-order valence-corrected chi connectivity index (χ1v) is 4.07. The predicted molar refractivity (Wildman–Crippen MR) is 46.6 cm³/mol. The summed E-state index contributed by atoms with van der Waals surface area (Å²) < 4.78 is 0. The zero-order valence-corrected chi connectivity index (χ0v) is 7.81. The third-order valence-corrected chi connectivity index (χ3v) is 1.50. The Morgan fingerprint density at radius 3 is 2.17 bits per heavy atom. The van der Waals surface area contributed by atoms with Crippen LogP contribution in [0.25, 0.3) is 0 Å². The van der Waals surface area contributed by atoms with E-state index in [-0.39, 0.29) is 17.9 Å². The molecule has 4 heteroatoms. The first-order valence-electron chi connectivity index (χ1n) is 4.07. The van der Waals surface area contributed by atoms with E-state index in [0.717, 1.165) is 6.42 Å². The summed E-state index contributed by atoms with van der Waals surface area (Å²) in [4.78, 5) is 21.2. The van der Waals surface area contributed by atoms with Gasteiger partial charge in [0.15, 0.2) is 0 Å². The molecular formula is C8H16N2O2. The highest BCUT2D eigenvalue weighted by molar-refractivity contribution is 5.74. The molecule has 0 aliphatic carbocycles. The minimum Gasteiger partial charge on any atom is -0.354 e. The molecule has 0 aromatic rings. The summed E-state index contributed by atoms with van der Waals surface area (Å²) in [5.41, 5.74) is 0. The first-order chi connectivity index (χ1) is 5.56. The highest BCUT2D eigenvalue weighted by atomic mass is 16.2. The van der Waals surface area contributed by atoms with Crippen molar-refractivity contribution in [2.45, 2.75) is 33.2 Å². The molecule has 0 aromatic carbocycles. The molecule has 0 saturated carbocycles. The van der Waals surface area contributed by atoms with Crippen LogP contribution in [0, 0.1) is 0 Å². The number of rotatable bonds is 4. The van der Waals surface area contributed by atoms with Crippen LogP contribution in [0.4, 0.5) is 0 Å². The fourth-order valence-electron chi connectivity index (χ4n) is 0.852. The summed E-state index contributed by atoms with van der Waals surface area (Å²) in [6.07, 6.45) is 0.819. The minimum absolute atomic E-state index is 0.0476. The monoisotopic (exact) mass is 172 g/mol. The van der Waals surface area contributed by atoms with Crippen molar-refractivity contribution in [1.29, 1.82) is 0 Å². The standard InChI is InChI=1S/C8H16N2O2/c1-4-8(10-7(3)12)5-9-6(2)11/h8H,4-5H2,1-3H3,(H,9,11)(H,10,12)/t8-/m0/s1. The van der Waals surface area contributed by atoms with Gasteiger partial charge in [-0.1, -0.05) is 6.92 Å². The van der Waals surface area contributed by atoms with Gasteiger partial charge in [0.2, 0.25) is 11.8 Å². The molecule has 0 fully saturated rings. The van der Waals surface area contributed by atoms with Crippen LogP contribution in [0.3, 0.4) is 0 Å². The lowest BCUT2D eigenvalue weighted by Gasteiger charge is -2.15. The van der Waals surface area contributed by atoms with Gasteiger partial charge in [-0.2, -0.15) is 0 Å². The molecule has 70 valence electrons. The lowest BCUT2D eigenvalue weighted by Crippen LogP contribution is -2.41. The molecule has 0 radical (unpaired) electrons. The number of nitrogens with one attached hydrogen (secondary N) is 2. The van der Waals surface area contributed by atoms with Gasteiger partial charge in [-0.15, -0.1) is 0 Å². The number of carbonyl (C=O) groups is 2. The largest absolute Gasteiger partial charge is 0.354 e. The topological polar surface area (TPSA) is 58.2 Å². The van der Waals surface area contributed by atoms with E-state index in [4.69, 9.17) is 0 Å². The SMILES string of the molecule is CC[C@@H](CNC(C)=O)NC(C)=O. The Morgan fingerprint density at radius 1 is 1.25 bits per heavy atom. The van der Waals surface area contributed by atoms with Crippen LogP contribution in [0.15, 0.2) is 0 Å². The number of hydrogen-bond donors (Lipinski definition) is 2. The normalized spacial score (nSPS) is 11.9. The molecule has 0 spiro atoms. The minimum atomic E-state index is -0.0706. The Labute approximate surface area is 72.7 Å². The third kappa shape index (κ3) is 5.70. The molecule has 0 bridgehead atoms. The van der Waals surface area contributed by atoms with Crippen LogP contribution in [0.1, 0.15) is 27.2 Å². The summed E-state index contributed by atoms with van der Waals surface area (Å²) in [5, 5.41) is 5.38. The van der Waals surface area contributed by atoms with Crippen molar-refractivity contribution in [3.05, 3.63) is 0 Å². The van der Waals surface area contributed by atoms with E-state index in [0.29, 0.717) is 6.54 Å². The van der Waals surface area contributed by atoms with Crippen molar-refractivity contribution in [1.82, 2.24) is 10.6 Å². The highest BCUT2D eigenvalue weighted by Crippen LogP contribution is 1.88. The maximum atomic E-state index is 10.6. The molecule has 0 saturated heterocycles. The maximum Gasteiger partial charge on any atom is 0.217 e. The molecule has 0 aliphatic heterocycles. The van der Waals surface area contributed by atoms with Gasteiger partial charge in [-0.3, -0.25) is 9.59 Å². The van der Waals surface area contributed by atoms with E-state index in [2.05, 4.69) is 10.6 Å². The van der Waals surface area contributed by atoms with Gasteiger partial charge in [0, 0.05) is 26.4 Å². The zero-order valence-electron chi connectivity index (χ0n) is 7.81. The molecule has 4 nitrogen and oxygen atoms in total. The van der Waals surface area contributed by atoms with Crippen LogP contribution in [-0.4, -0.2) is 24.4 Å². The number of carbonyl (C=O) groups excluding carboxylic acids is 2. The fourth-order valence-corrected chi connectivity index (χ4v) is 0.852. The van der Waals surface area contributed by atoms with Gasteiger partial charge in [0.1, 0.15) is 0 Å². The van der Waals surface area contributed by atoms with Crippen molar-refractivity contribution in [2.24, 2.45) is 0 Å². The average molecular weight is 172 g/mol. The molecule has 2 amide bonds. The molecule has 0 heterocycles. The van der Waals surface area contributed by atoms with Crippen molar-refractivity contribution < 1.29 is 9.59 Å². The van der Waals surface area contributed by atoms with E-state index < -0.39 is 0 Å². The number of amides is 2. The van der Waals surface area contributed by atoms with Gasteiger partial charge < -0.3 is 10.6 Å². The van der Waals surface area contributed by atoms with Crippen LogP contribution in [0.5, 0.6) is 0 Å². The maximum absolute atomic E-state index is 10.6. The second-order valence-corrected chi connectivity index (χ2v) is 2.74. The lowest BCUT2D eigenvalue weighted by molar-refractivity contribution is -0.121. The molecule has 0 unspecified atom stereocenters. The summed E-state index contributed by atoms with van der Waals surface area (Å²) in [6.45, 7) is 5.39. The van der Waals surface area contributed by atoms with E-state index in [1.54, 1.807) is 0 Å². The van der Waals surface area contributed by atoms with Crippen molar-refractivity contribution in [3.63, 3.8) is 0 Å². The second-order valence-electron chi connectivity index (χ2n) is 2.74. The Morgan fingerprint density at radius 2 is 1.83 bits per heavy atom. The average Bonchev–Trinajstić information content (AvgIpc) is 1.97. The smallest absolute Gasteiger partial charge is 0.217 e. The van der Waals surface area contributed by atoms with Gasteiger partial charge >= 0.3 is 0 Å². The predicted octanol–water partition coefficient (Wildman–Crippen LogP) is 0.0372. The van der Waals surface area contributed by atoms with Crippen LogP contribution in [-0.2, 0) is 9.59 Å². The van der Waals surface area contributed by atoms with Gasteiger partial charge in [-0.25, -0.2) is 0 Å². The zero-order chi connectivity index (χ0) is 9.56. The van der Waals surface area contributed by atoms with Crippen molar-refractivity contribution >= 4 is 11.8 Å². The molecule has 12 heavy (non-hydrogen) atoms. The number of hydrogen-bond acceptors (Lipinski definition) is 2. The van der Waals surface area contributed by atoms with Crippen molar-refractivity contribution in [2.75, 3.05) is 6.54 Å². The molecule has 0 rings (SSSR count). The molecular weight excluding hydrogens is 156 g/mol. The Hall–Kier alpha value is -1.06. The second kappa shape index (κ2) is 5.57. The fraction of sp³-hybridized carbons (Fsp3) is 0.750. The molecule has 1 atom stereocenters. The molecule has 2 N–H and O–H groups in total. The summed E-state index contributed by atoms with van der Waals surface area (Å²) >= 11 is 0. The first kappa shape index (κ1) is 10.9. The van der Waals surface area contributed by atoms with E-state index in [9.17, 15) is 9.59 Å².